The number of halogens is 2. The highest BCUT2D eigenvalue weighted by atomic mass is 35.5. The maximum atomic E-state index is 14.4. The number of hydrogen-bond acceptors (Lipinski definition) is 3. The normalized spacial score (nSPS) is 13.3. The zero-order chi connectivity index (χ0) is 18.7. The Hall–Kier alpha value is -2.27. The summed E-state index contributed by atoms with van der Waals surface area (Å²) >= 11 is 6.31. The molecule has 0 saturated carbocycles. The van der Waals surface area contributed by atoms with Crippen LogP contribution in [0, 0.1) is 5.82 Å². The Morgan fingerprint density at radius 1 is 1.35 bits per heavy atom. The van der Waals surface area contributed by atoms with E-state index < -0.39 is 5.82 Å². The minimum Gasteiger partial charge on any atom is -0.493 e. The fraction of sp³-hybridized carbons (Fsp3) is 0.350. The molecule has 4 nitrogen and oxygen atoms in total. The highest BCUT2D eigenvalue weighted by Gasteiger charge is 2.27. The number of methoxy groups -OCH3 is 1. The molecule has 2 aromatic carbocycles. The lowest BCUT2D eigenvalue weighted by Gasteiger charge is -2.30. The van der Waals surface area contributed by atoms with Crippen molar-refractivity contribution in [1.29, 1.82) is 0 Å². The van der Waals surface area contributed by atoms with Crippen LogP contribution in [0.15, 0.2) is 30.3 Å². The summed E-state index contributed by atoms with van der Waals surface area (Å²) in [6.45, 7) is 2.94. The van der Waals surface area contributed by atoms with E-state index >= 15 is 0 Å². The van der Waals surface area contributed by atoms with Gasteiger partial charge in [-0.2, -0.15) is 0 Å². The van der Waals surface area contributed by atoms with Gasteiger partial charge in [-0.1, -0.05) is 30.7 Å². The van der Waals surface area contributed by atoms with Crippen LogP contribution in [-0.4, -0.2) is 26.2 Å². The summed E-state index contributed by atoms with van der Waals surface area (Å²) in [5, 5.41) is 0.298. The molecule has 1 amide bonds. The van der Waals surface area contributed by atoms with E-state index in [1.807, 2.05) is 13.0 Å². The molecule has 138 valence electrons. The van der Waals surface area contributed by atoms with E-state index in [1.54, 1.807) is 18.2 Å². The lowest BCUT2D eigenvalue weighted by atomic mass is 10.00. The van der Waals surface area contributed by atoms with Crippen molar-refractivity contribution in [1.82, 2.24) is 0 Å². The summed E-state index contributed by atoms with van der Waals surface area (Å²) in [5.74, 6) is 0.104. The molecule has 6 heteroatoms. The second-order valence-corrected chi connectivity index (χ2v) is 6.55. The van der Waals surface area contributed by atoms with Crippen LogP contribution < -0.4 is 14.4 Å². The Labute approximate surface area is 157 Å². The average molecular weight is 378 g/mol. The number of benzene rings is 2. The van der Waals surface area contributed by atoms with Gasteiger partial charge in [0.15, 0.2) is 11.5 Å². The molecule has 1 heterocycles. The number of ether oxygens (including phenoxy) is 2. The number of para-hydroxylation sites is 1. The molecule has 0 saturated heterocycles. The molecule has 0 bridgehead atoms. The molecule has 0 unspecified atom stereocenters. The van der Waals surface area contributed by atoms with Crippen LogP contribution in [0.1, 0.15) is 35.7 Å². The first-order valence-electron chi connectivity index (χ1n) is 8.66. The predicted molar refractivity (Wildman–Crippen MR) is 100 cm³/mol. The molecule has 2 aromatic rings. The van der Waals surface area contributed by atoms with E-state index in [-0.39, 0.29) is 5.91 Å². The van der Waals surface area contributed by atoms with Crippen molar-refractivity contribution in [2.45, 2.75) is 26.2 Å². The Morgan fingerprint density at radius 3 is 2.88 bits per heavy atom. The molecule has 0 atom stereocenters. The van der Waals surface area contributed by atoms with Crippen molar-refractivity contribution in [3.63, 3.8) is 0 Å². The molecule has 0 radical (unpaired) electrons. The second-order valence-electron chi connectivity index (χ2n) is 6.15. The summed E-state index contributed by atoms with van der Waals surface area (Å²) in [4.78, 5) is 14.5. The van der Waals surface area contributed by atoms with Gasteiger partial charge in [0, 0.05) is 12.1 Å². The third kappa shape index (κ3) is 3.49. The van der Waals surface area contributed by atoms with Crippen LogP contribution in [-0.2, 0) is 6.42 Å². The zero-order valence-corrected chi connectivity index (χ0v) is 15.6. The van der Waals surface area contributed by atoms with Crippen LogP contribution in [0.4, 0.5) is 10.1 Å². The smallest absolute Gasteiger partial charge is 0.258 e. The van der Waals surface area contributed by atoms with Crippen LogP contribution in [0.5, 0.6) is 11.5 Å². The Bertz CT molecular complexity index is 825. The lowest BCUT2D eigenvalue weighted by Crippen LogP contribution is -2.36. The molecule has 26 heavy (non-hydrogen) atoms. The SMILES string of the molecule is CCCOc1c(Cl)cc(C(=O)N2CCCc3cccc(F)c32)cc1OC. The zero-order valence-electron chi connectivity index (χ0n) is 14.9. The van der Waals surface area contributed by atoms with E-state index in [9.17, 15) is 9.18 Å². The molecule has 1 aliphatic heterocycles. The fourth-order valence-corrected chi connectivity index (χ4v) is 3.42. The van der Waals surface area contributed by atoms with Gasteiger partial charge in [0.2, 0.25) is 0 Å². The summed E-state index contributed by atoms with van der Waals surface area (Å²) in [6, 6.07) is 8.04. The average Bonchev–Trinajstić information content (AvgIpc) is 2.65. The minimum absolute atomic E-state index is 0.298. The highest BCUT2D eigenvalue weighted by Crippen LogP contribution is 2.38. The molecular weight excluding hydrogens is 357 g/mol. The van der Waals surface area contributed by atoms with E-state index in [4.69, 9.17) is 21.1 Å². The third-order valence-electron chi connectivity index (χ3n) is 4.34. The quantitative estimate of drug-likeness (QED) is 0.746. The minimum atomic E-state index is -0.392. The third-order valence-corrected chi connectivity index (χ3v) is 4.62. The summed E-state index contributed by atoms with van der Waals surface area (Å²) in [7, 11) is 1.49. The number of rotatable bonds is 5. The molecule has 0 aromatic heterocycles. The van der Waals surface area contributed by atoms with Gasteiger partial charge < -0.3 is 14.4 Å². The van der Waals surface area contributed by atoms with E-state index in [2.05, 4.69) is 0 Å². The number of anilines is 1. The summed E-state index contributed by atoms with van der Waals surface area (Å²) in [6.07, 6.45) is 2.36. The van der Waals surface area contributed by atoms with Gasteiger partial charge in [0.25, 0.3) is 5.91 Å². The first-order valence-corrected chi connectivity index (χ1v) is 9.04. The maximum absolute atomic E-state index is 14.4. The monoisotopic (exact) mass is 377 g/mol. The van der Waals surface area contributed by atoms with Crippen LogP contribution in [0.3, 0.4) is 0 Å². The van der Waals surface area contributed by atoms with E-state index in [1.165, 1.54) is 18.1 Å². The molecule has 1 aliphatic rings. The van der Waals surface area contributed by atoms with Gasteiger partial charge in [-0.3, -0.25) is 4.79 Å². The lowest BCUT2D eigenvalue weighted by molar-refractivity contribution is 0.0983. The van der Waals surface area contributed by atoms with Crippen molar-refractivity contribution in [3.8, 4) is 11.5 Å². The number of carbonyl (C=O) groups is 1. The van der Waals surface area contributed by atoms with E-state index in [0.29, 0.717) is 40.9 Å². The first kappa shape index (κ1) is 18.5. The summed E-state index contributed by atoms with van der Waals surface area (Å²) in [5.41, 5.74) is 1.53. The topological polar surface area (TPSA) is 38.8 Å². The number of carbonyl (C=O) groups excluding carboxylic acids is 1. The predicted octanol–water partition coefficient (Wildman–Crippen LogP) is 4.87. The Balaban J connectivity index is 1.98. The van der Waals surface area contributed by atoms with Gasteiger partial charge in [0.1, 0.15) is 5.82 Å². The summed E-state index contributed by atoms with van der Waals surface area (Å²) < 4.78 is 25.3. The number of hydrogen-bond donors (Lipinski definition) is 0. The van der Waals surface area contributed by atoms with Gasteiger partial charge in [-0.05, 0) is 43.0 Å². The van der Waals surface area contributed by atoms with Crippen LogP contribution in [0.25, 0.3) is 0 Å². The molecular formula is C20H21ClFNO3. The standard InChI is InChI=1S/C20H21ClFNO3/c1-3-10-26-19-15(21)11-14(12-17(19)25-2)20(24)23-9-5-7-13-6-4-8-16(22)18(13)23/h4,6,8,11-12H,3,5,7,9-10H2,1-2H3. The van der Waals surface area contributed by atoms with E-state index in [0.717, 1.165) is 24.8 Å². The number of fused-ring (bicyclic) bond motifs is 1. The van der Waals surface area contributed by atoms with Crippen molar-refractivity contribution < 1.29 is 18.7 Å². The molecule has 0 spiro atoms. The van der Waals surface area contributed by atoms with Crippen molar-refractivity contribution >= 4 is 23.2 Å². The van der Waals surface area contributed by atoms with Gasteiger partial charge in [-0.15, -0.1) is 0 Å². The Kier molecular flexibility index (Phi) is 5.67. The van der Waals surface area contributed by atoms with Crippen molar-refractivity contribution in [2.75, 3.05) is 25.2 Å². The molecule has 0 fully saturated rings. The molecule has 0 aliphatic carbocycles. The highest BCUT2D eigenvalue weighted by molar-refractivity contribution is 6.32. The molecule has 0 N–H and O–H groups in total. The Morgan fingerprint density at radius 2 is 2.15 bits per heavy atom. The number of aryl methyl sites for hydroxylation is 1. The fourth-order valence-electron chi connectivity index (χ4n) is 3.15. The number of amides is 1. The van der Waals surface area contributed by atoms with Gasteiger partial charge in [0.05, 0.1) is 24.4 Å². The second kappa shape index (κ2) is 7.96. The molecule has 3 rings (SSSR count). The van der Waals surface area contributed by atoms with Crippen molar-refractivity contribution in [3.05, 3.63) is 52.3 Å². The van der Waals surface area contributed by atoms with Gasteiger partial charge >= 0.3 is 0 Å². The van der Waals surface area contributed by atoms with Crippen LogP contribution in [0.2, 0.25) is 5.02 Å². The largest absolute Gasteiger partial charge is 0.493 e. The van der Waals surface area contributed by atoms with Gasteiger partial charge in [-0.25, -0.2) is 4.39 Å². The number of nitrogens with zero attached hydrogens (tertiary/aromatic N) is 1. The maximum Gasteiger partial charge on any atom is 0.258 e. The van der Waals surface area contributed by atoms with Crippen molar-refractivity contribution in [2.24, 2.45) is 0 Å². The first-order chi connectivity index (χ1) is 12.6. The van der Waals surface area contributed by atoms with Crippen LogP contribution >= 0.6 is 11.6 Å².